The van der Waals surface area contributed by atoms with Gasteiger partial charge in [-0.05, 0) is 57.2 Å². The van der Waals surface area contributed by atoms with Crippen LogP contribution in [0.4, 0.5) is 5.69 Å². The highest BCUT2D eigenvalue weighted by Crippen LogP contribution is 2.27. The predicted octanol–water partition coefficient (Wildman–Crippen LogP) is 4.66. The van der Waals surface area contributed by atoms with E-state index in [1.807, 2.05) is 59.5 Å². The molecule has 142 valence electrons. The van der Waals surface area contributed by atoms with E-state index in [1.54, 1.807) is 0 Å². The van der Waals surface area contributed by atoms with Crippen molar-refractivity contribution >= 4 is 17.5 Å². The number of rotatable bonds is 5. The Labute approximate surface area is 161 Å². The molecule has 1 saturated heterocycles. The summed E-state index contributed by atoms with van der Waals surface area (Å²) in [6.45, 7) is 4.21. The van der Waals surface area contributed by atoms with Crippen LogP contribution in [0.5, 0.6) is 0 Å². The van der Waals surface area contributed by atoms with Crippen molar-refractivity contribution in [3.05, 3.63) is 65.7 Å². The lowest BCUT2D eigenvalue weighted by Gasteiger charge is -2.39. The number of likely N-dealkylation sites (tertiary alicyclic amines) is 1. The van der Waals surface area contributed by atoms with Gasteiger partial charge in [0.15, 0.2) is 0 Å². The summed E-state index contributed by atoms with van der Waals surface area (Å²) in [7, 11) is 0. The largest absolute Gasteiger partial charge is 0.333 e. The number of hydrogen-bond donors (Lipinski definition) is 1. The van der Waals surface area contributed by atoms with Crippen LogP contribution < -0.4 is 5.32 Å². The second-order valence-corrected chi connectivity index (χ2v) is 7.42. The highest BCUT2D eigenvalue weighted by atomic mass is 16.2. The first kappa shape index (κ1) is 19.2. The molecule has 2 amide bonds. The zero-order valence-corrected chi connectivity index (χ0v) is 16.2. The van der Waals surface area contributed by atoms with Crippen LogP contribution in [-0.2, 0) is 11.2 Å². The Balaban J connectivity index is 1.70. The van der Waals surface area contributed by atoms with Crippen molar-refractivity contribution in [3.8, 4) is 0 Å². The van der Waals surface area contributed by atoms with Crippen LogP contribution in [0.1, 0.15) is 55.5 Å². The van der Waals surface area contributed by atoms with Gasteiger partial charge in [-0.15, -0.1) is 0 Å². The normalized spacial score (nSPS) is 19.6. The molecule has 1 aliphatic rings. The Morgan fingerprint density at radius 3 is 2.30 bits per heavy atom. The number of para-hydroxylation sites is 1. The van der Waals surface area contributed by atoms with Crippen molar-refractivity contribution in [2.45, 2.75) is 58.0 Å². The van der Waals surface area contributed by atoms with Gasteiger partial charge in [-0.3, -0.25) is 9.59 Å². The number of hydrogen-bond acceptors (Lipinski definition) is 2. The van der Waals surface area contributed by atoms with E-state index in [9.17, 15) is 9.59 Å². The van der Waals surface area contributed by atoms with E-state index in [0.29, 0.717) is 24.1 Å². The number of nitrogens with one attached hydrogen (secondary N) is 1. The fourth-order valence-electron chi connectivity index (χ4n) is 3.85. The van der Waals surface area contributed by atoms with Crippen LogP contribution in [0.25, 0.3) is 0 Å². The number of benzene rings is 2. The van der Waals surface area contributed by atoms with Crippen molar-refractivity contribution in [1.82, 2.24) is 4.90 Å². The number of carbonyl (C=O) groups excluding carboxylic acids is 2. The van der Waals surface area contributed by atoms with Gasteiger partial charge in [0.2, 0.25) is 5.91 Å². The molecule has 3 rings (SSSR count). The molecular weight excluding hydrogens is 336 g/mol. The van der Waals surface area contributed by atoms with E-state index in [4.69, 9.17) is 0 Å². The van der Waals surface area contributed by atoms with Gasteiger partial charge in [0, 0.05) is 18.5 Å². The molecule has 0 aromatic heterocycles. The van der Waals surface area contributed by atoms with Crippen LogP contribution in [0.3, 0.4) is 0 Å². The van der Waals surface area contributed by atoms with Gasteiger partial charge in [0.05, 0.1) is 11.3 Å². The maximum absolute atomic E-state index is 13.2. The number of aryl methyl sites for hydroxylation is 1. The molecule has 2 aromatic rings. The lowest BCUT2D eigenvalue weighted by molar-refractivity contribution is -0.116. The van der Waals surface area contributed by atoms with E-state index >= 15 is 0 Å². The van der Waals surface area contributed by atoms with Crippen LogP contribution >= 0.6 is 0 Å². The molecule has 0 saturated carbocycles. The first-order valence-corrected chi connectivity index (χ1v) is 9.81. The molecule has 0 aliphatic carbocycles. The molecule has 27 heavy (non-hydrogen) atoms. The average Bonchev–Trinajstić information content (AvgIpc) is 2.67. The lowest BCUT2D eigenvalue weighted by Crippen LogP contribution is -2.47. The van der Waals surface area contributed by atoms with Crippen molar-refractivity contribution < 1.29 is 9.59 Å². The second-order valence-electron chi connectivity index (χ2n) is 7.42. The third-order valence-electron chi connectivity index (χ3n) is 5.34. The van der Waals surface area contributed by atoms with Gasteiger partial charge in [-0.2, -0.15) is 0 Å². The SMILES string of the molecule is C[C@@H]1CCC[C@H](C)N1C(=O)c1ccccc1NC(=O)CCc1ccccc1. The van der Waals surface area contributed by atoms with E-state index < -0.39 is 0 Å². The summed E-state index contributed by atoms with van der Waals surface area (Å²) in [6.07, 6.45) is 4.29. The predicted molar refractivity (Wildman–Crippen MR) is 109 cm³/mol. The minimum absolute atomic E-state index is 0.00802. The van der Waals surface area contributed by atoms with Crippen molar-refractivity contribution in [2.75, 3.05) is 5.32 Å². The fraction of sp³-hybridized carbons (Fsp3) is 0.391. The van der Waals surface area contributed by atoms with Gasteiger partial charge in [-0.25, -0.2) is 0 Å². The number of anilines is 1. The van der Waals surface area contributed by atoms with Crippen molar-refractivity contribution in [2.24, 2.45) is 0 Å². The summed E-state index contributed by atoms with van der Waals surface area (Å²) in [4.78, 5) is 27.6. The first-order chi connectivity index (χ1) is 13.1. The summed E-state index contributed by atoms with van der Waals surface area (Å²) >= 11 is 0. The summed E-state index contributed by atoms with van der Waals surface area (Å²) in [5.74, 6) is -0.0625. The molecule has 2 atom stereocenters. The van der Waals surface area contributed by atoms with Crippen molar-refractivity contribution in [1.29, 1.82) is 0 Å². The number of piperidine rings is 1. The van der Waals surface area contributed by atoms with Gasteiger partial charge in [0.1, 0.15) is 0 Å². The maximum Gasteiger partial charge on any atom is 0.256 e. The van der Waals surface area contributed by atoms with Crippen LogP contribution in [0, 0.1) is 0 Å². The topological polar surface area (TPSA) is 49.4 Å². The summed E-state index contributed by atoms with van der Waals surface area (Å²) in [5.41, 5.74) is 2.31. The minimum atomic E-state index is -0.0705. The Morgan fingerprint density at radius 1 is 0.963 bits per heavy atom. The Kier molecular flexibility index (Phi) is 6.28. The van der Waals surface area contributed by atoms with Crippen molar-refractivity contribution in [3.63, 3.8) is 0 Å². The molecule has 0 radical (unpaired) electrons. The molecule has 4 nitrogen and oxygen atoms in total. The Bertz CT molecular complexity index is 778. The van der Waals surface area contributed by atoms with Crippen LogP contribution in [0.15, 0.2) is 54.6 Å². The van der Waals surface area contributed by atoms with E-state index in [0.717, 1.165) is 24.8 Å². The third-order valence-corrected chi connectivity index (χ3v) is 5.34. The van der Waals surface area contributed by atoms with Crippen LogP contribution in [-0.4, -0.2) is 28.8 Å². The monoisotopic (exact) mass is 364 g/mol. The molecule has 1 N–H and O–H groups in total. The molecule has 1 heterocycles. The zero-order valence-electron chi connectivity index (χ0n) is 16.2. The van der Waals surface area contributed by atoms with Gasteiger partial charge in [0.25, 0.3) is 5.91 Å². The molecule has 1 fully saturated rings. The number of amides is 2. The van der Waals surface area contributed by atoms with E-state index in [1.165, 1.54) is 0 Å². The van der Waals surface area contributed by atoms with E-state index in [2.05, 4.69) is 19.2 Å². The molecule has 2 aromatic carbocycles. The molecule has 0 unspecified atom stereocenters. The van der Waals surface area contributed by atoms with E-state index in [-0.39, 0.29) is 23.9 Å². The lowest BCUT2D eigenvalue weighted by atomic mass is 9.96. The highest BCUT2D eigenvalue weighted by molar-refractivity contribution is 6.04. The minimum Gasteiger partial charge on any atom is -0.333 e. The maximum atomic E-state index is 13.2. The Hall–Kier alpha value is -2.62. The molecular formula is C23H28N2O2. The number of carbonyl (C=O) groups is 2. The van der Waals surface area contributed by atoms with Gasteiger partial charge in [-0.1, -0.05) is 42.5 Å². The molecule has 4 heteroatoms. The number of nitrogens with zero attached hydrogens (tertiary/aromatic N) is 1. The molecule has 0 bridgehead atoms. The molecule has 0 spiro atoms. The van der Waals surface area contributed by atoms with Gasteiger partial charge >= 0.3 is 0 Å². The second kappa shape index (κ2) is 8.85. The quantitative estimate of drug-likeness (QED) is 0.839. The zero-order chi connectivity index (χ0) is 19.2. The summed E-state index contributed by atoms with van der Waals surface area (Å²) in [5, 5.41) is 2.94. The standard InChI is InChI=1S/C23H28N2O2/c1-17-9-8-10-18(2)25(17)23(27)20-13-6-7-14-21(20)24-22(26)16-15-19-11-4-3-5-12-19/h3-7,11-14,17-18H,8-10,15-16H2,1-2H3,(H,24,26)/t17-,18+. The molecule has 1 aliphatic heterocycles. The summed E-state index contributed by atoms with van der Waals surface area (Å²) < 4.78 is 0. The van der Waals surface area contributed by atoms with Gasteiger partial charge < -0.3 is 10.2 Å². The first-order valence-electron chi connectivity index (χ1n) is 9.81. The smallest absolute Gasteiger partial charge is 0.256 e. The fourth-order valence-corrected chi connectivity index (χ4v) is 3.85. The Morgan fingerprint density at radius 2 is 1.59 bits per heavy atom. The summed E-state index contributed by atoms with van der Waals surface area (Å²) in [6, 6.07) is 17.7. The average molecular weight is 364 g/mol. The third kappa shape index (κ3) is 4.76. The highest BCUT2D eigenvalue weighted by Gasteiger charge is 2.30. The van der Waals surface area contributed by atoms with Crippen LogP contribution in [0.2, 0.25) is 0 Å².